The van der Waals surface area contributed by atoms with Crippen molar-refractivity contribution < 1.29 is 18.0 Å². The van der Waals surface area contributed by atoms with Crippen LogP contribution >= 0.6 is 0 Å². The summed E-state index contributed by atoms with van der Waals surface area (Å²) in [6.45, 7) is 0.278. The van der Waals surface area contributed by atoms with Gasteiger partial charge in [0.1, 0.15) is 11.6 Å². The first-order chi connectivity index (χ1) is 13.0. The third-order valence-corrected chi connectivity index (χ3v) is 4.79. The number of carbonyl (C=O) groups excluding carboxylic acids is 1. The van der Waals surface area contributed by atoms with Gasteiger partial charge in [-0.25, -0.2) is 13.6 Å². The van der Waals surface area contributed by atoms with Gasteiger partial charge in [0.05, 0.1) is 5.52 Å². The summed E-state index contributed by atoms with van der Waals surface area (Å²) in [5.41, 5.74) is 1.39. The van der Waals surface area contributed by atoms with Crippen molar-refractivity contribution in [2.24, 2.45) is 0 Å². The summed E-state index contributed by atoms with van der Waals surface area (Å²) >= 11 is 0. The van der Waals surface area contributed by atoms with Gasteiger partial charge in [0.25, 0.3) is 0 Å². The first-order valence-corrected chi connectivity index (χ1v) is 8.84. The summed E-state index contributed by atoms with van der Waals surface area (Å²) in [4.78, 5) is 26.4. The average molecular weight is 372 g/mol. The molecule has 3 aromatic rings. The van der Waals surface area contributed by atoms with Gasteiger partial charge in [-0.2, -0.15) is 0 Å². The van der Waals surface area contributed by atoms with Crippen LogP contribution in [0.2, 0.25) is 0 Å². The number of halogens is 2. The fourth-order valence-electron chi connectivity index (χ4n) is 3.22. The lowest BCUT2D eigenvalue weighted by molar-refractivity contribution is -0.132. The Kier molecular flexibility index (Phi) is 4.51. The first-order valence-electron chi connectivity index (χ1n) is 8.84. The van der Waals surface area contributed by atoms with Crippen molar-refractivity contribution in [2.75, 3.05) is 0 Å². The maximum Gasteiger partial charge on any atom is 0.419 e. The summed E-state index contributed by atoms with van der Waals surface area (Å²) in [5.74, 6) is -1.98. The maximum atomic E-state index is 14.0. The lowest BCUT2D eigenvalue weighted by atomic mass is 10.2. The average Bonchev–Trinajstić information content (AvgIpc) is 3.42. The Labute approximate surface area is 153 Å². The fourth-order valence-corrected chi connectivity index (χ4v) is 3.22. The Hall–Kier alpha value is -2.96. The number of para-hydroxylation sites is 2. The number of benzene rings is 2. The van der Waals surface area contributed by atoms with Crippen molar-refractivity contribution in [1.29, 1.82) is 0 Å². The van der Waals surface area contributed by atoms with Gasteiger partial charge in [-0.3, -0.25) is 9.36 Å². The Morgan fingerprint density at radius 1 is 1.19 bits per heavy atom. The SMILES string of the molecule is O=C(CCn1c(=O)oc2ccccc21)N(Cc1ccc(F)cc1F)C1CC1. The maximum absolute atomic E-state index is 14.0. The first kappa shape index (κ1) is 17.5. The van der Waals surface area contributed by atoms with Crippen LogP contribution in [0, 0.1) is 11.6 Å². The van der Waals surface area contributed by atoms with E-state index in [0.717, 1.165) is 18.9 Å². The van der Waals surface area contributed by atoms with E-state index < -0.39 is 17.4 Å². The number of amides is 1. The Balaban J connectivity index is 1.49. The molecule has 2 aromatic carbocycles. The van der Waals surface area contributed by atoms with Crippen molar-refractivity contribution in [3.63, 3.8) is 0 Å². The van der Waals surface area contributed by atoms with E-state index in [4.69, 9.17) is 4.42 Å². The zero-order chi connectivity index (χ0) is 19.0. The number of fused-ring (bicyclic) bond motifs is 1. The van der Waals surface area contributed by atoms with Crippen LogP contribution in [0.5, 0.6) is 0 Å². The van der Waals surface area contributed by atoms with Crippen LogP contribution in [0.25, 0.3) is 11.1 Å². The van der Waals surface area contributed by atoms with Crippen LogP contribution in [0.15, 0.2) is 51.7 Å². The van der Waals surface area contributed by atoms with Gasteiger partial charge in [-0.15, -0.1) is 0 Å². The zero-order valence-corrected chi connectivity index (χ0v) is 14.5. The number of oxazole rings is 1. The van der Waals surface area contributed by atoms with Gasteiger partial charge in [0.2, 0.25) is 5.91 Å². The molecule has 1 saturated carbocycles. The molecule has 0 aliphatic heterocycles. The quantitative estimate of drug-likeness (QED) is 0.666. The number of rotatable bonds is 6. The molecule has 0 bridgehead atoms. The molecule has 0 radical (unpaired) electrons. The van der Waals surface area contributed by atoms with Crippen molar-refractivity contribution in [3.8, 4) is 0 Å². The fraction of sp³-hybridized carbons (Fsp3) is 0.300. The van der Waals surface area contributed by atoms with Crippen LogP contribution in [-0.4, -0.2) is 21.4 Å². The highest BCUT2D eigenvalue weighted by Gasteiger charge is 2.33. The van der Waals surface area contributed by atoms with Crippen LogP contribution in [-0.2, 0) is 17.9 Å². The van der Waals surface area contributed by atoms with Gasteiger partial charge in [-0.1, -0.05) is 18.2 Å². The third kappa shape index (κ3) is 3.63. The summed E-state index contributed by atoms with van der Waals surface area (Å²) in [6, 6.07) is 10.5. The van der Waals surface area contributed by atoms with Gasteiger partial charge >= 0.3 is 5.76 Å². The normalized spacial score (nSPS) is 13.9. The Morgan fingerprint density at radius 3 is 2.70 bits per heavy atom. The molecule has 4 rings (SSSR count). The molecule has 1 amide bonds. The number of hydrogen-bond donors (Lipinski definition) is 0. The van der Waals surface area contributed by atoms with Crippen LogP contribution in [0.3, 0.4) is 0 Å². The topological polar surface area (TPSA) is 55.5 Å². The standard InChI is InChI=1S/C20H18F2N2O3/c21-14-6-5-13(16(22)11-14)12-24(15-7-8-15)19(25)9-10-23-17-3-1-2-4-18(17)27-20(23)26/h1-6,11,15H,7-10,12H2. The molecule has 1 aliphatic carbocycles. The van der Waals surface area contributed by atoms with E-state index in [1.165, 1.54) is 16.7 Å². The van der Waals surface area contributed by atoms with Crippen LogP contribution in [0.4, 0.5) is 8.78 Å². The summed E-state index contributed by atoms with van der Waals surface area (Å²) < 4.78 is 33.7. The van der Waals surface area contributed by atoms with Crippen LogP contribution in [0.1, 0.15) is 24.8 Å². The Bertz CT molecular complexity index is 1050. The lowest BCUT2D eigenvalue weighted by Crippen LogP contribution is -2.34. The highest BCUT2D eigenvalue weighted by molar-refractivity contribution is 5.77. The van der Waals surface area contributed by atoms with E-state index in [-0.39, 0.29) is 37.0 Å². The number of nitrogens with zero attached hydrogens (tertiary/aromatic N) is 2. The van der Waals surface area contributed by atoms with E-state index in [0.29, 0.717) is 11.1 Å². The van der Waals surface area contributed by atoms with E-state index in [2.05, 4.69) is 0 Å². The minimum Gasteiger partial charge on any atom is -0.408 e. The molecule has 1 aromatic heterocycles. The summed E-state index contributed by atoms with van der Waals surface area (Å²) in [6.07, 6.45) is 1.83. The smallest absolute Gasteiger partial charge is 0.408 e. The second-order valence-corrected chi connectivity index (χ2v) is 6.73. The van der Waals surface area contributed by atoms with E-state index in [1.807, 2.05) is 0 Å². The van der Waals surface area contributed by atoms with Crippen molar-refractivity contribution in [2.45, 2.75) is 38.4 Å². The predicted molar refractivity (Wildman–Crippen MR) is 95.0 cm³/mol. The molecule has 5 nitrogen and oxygen atoms in total. The highest BCUT2D eigenvalue weighted by atomic mass is 19.1. The number of aromatic nitrogens is 1. The minimum absolute atomic E-state index is 0.0692. The molecule has 27 heavy (non-hydrogen) atoms. The number of aryl methyl sites for hydroxylation is 1. The molecule has 1 heterocycles. The van der Waals surface area contributed by atoms with Gasteiger partial charge < -0.3 is 9.32 Å². The van der Waals surface area contributed by atoms with E-state index in [9.17, 15) is 18.4 Å². The summed E-state index contributed by atoms with van der Waals surface area (Å²) in [5, 5.41) is 0. The number of hydrogen-bond acceptors (Lipinski definition) is 3. The Morgan fingerprint density at radius 2 is 1.96 bits per heavy atom. The second kappa shape index (κ2) is 6.98. The molecule has 1 aliphatic rings. The van der Waals surface area contributed by atoms with Gasteiger partial charge in [-0.05, 0) is 31.0 Å². The molecular weight excluding hydrogens is 354 g/mol. The molecule has 0 unspecified atom stereocenters. The monoisotopic (exact) mass is 372 g/mol. The predicted octanol–water partition coefficient (Wildman–Crippen LogP) is 3.45. The van der Waals surface area contributed by atoms with Crippen molar-refractivity contribution >= 4 is 17.0 Å². The molecule has 7 heteroatoms. The van der Waals surface area contributed by atoms with E-state index in [1.54, 1.807) is 29.2 Å². The second-order valence-electron chi connectivity index (χ2n) is 6.73. The number of carbonyl (C=O) groups is 1. The molecule has 1 fully saturated rings. The minimum atomic E-state index is -0.662. The lowest BCUT2D eigenvalue weighted by Gasteiger charge is -2.23. The van der Waals surface area contributed by atoms with Crippen molar-refractivity contribution in [3.05, 3.63) is 70.2 Å². The van der Waals surface area contributed by atoms with Gasteiger partial charge in [0.15, 0.2) is 5.58 Å². The zero-order valence-electron chi connectivity index (χ0n) is 14.5. The largest absolute Gasteiger partial charge is 0.419 e. The molecule has 0 N–H and O–H groups in total. The molecule has 0 spiro atoms. The molecular formula is C20H18F2N2O3. The van der Waals surface area contributed by atoms with Gasteiger partial charge in [0, 0.05) is 37.2 Å². The van der Waals surface area contributed by atoms with Crippen LogP contribution < -0.4 is 5.76 Å². The van der Waals surface area contributed by atoms with Crippen molar-refractivity contribution in [1.82, 2.24) is 9.47 Å². The van der Waals surface area contributed by atoms with E-state index >= 15 is 0 Å². The highest BCUT2D eigenvalue weighted by Crippen LogP contribution is 2.29. The third-order valence-electron chi connectivity index (χ3n) is 4.79. The molecule has 0 atom stereocenters. The molecule has 0 saturated heterocycles. The summed E-state index contributed by atoms with van der Waals surface area (Å²) in [7, 11) is 0. The molecule has 140 valence electrons.